The average molecular weight is 168 g/mol. The Morgan fingerprint density at radius 3 is 2.62 bits per heavy atom. The van der Waals surface area contributed by atoms with Gasteiger partial charge in [0.2, 0.25) is 0 Å². The van der Waals surface area contributed by atoms with Gasteiger partial charge in [0.25, 0.3) is 0 Å². The normalized spacial score (nSPS) is 10.2. The van der Waals surface area contributed by atoms with Crippen molar-refractivity contribution in [3.8, 4) is 5.75 Å². The Bertz CT molecular complexity index is 437. The molecule has 13 heavy (non-hydrogen) atoms. The van der Waals surface area contributed by atoms with Crippen molar-refractivity contribution in [2.75, 3.05) is 7.11 Å². The van der Waals surface area contributed by atoms with Crippen LogP contribution in [0.5, 0.6) is 5.75 Å². The summed E-state index contributed by atoms with van der Waals surface area (Å²) >= 11 is 0. The Balaban J connectivity index is 2.84. The highest BCUT2D eigenvalue weighted by Crippen LogP contribution is 2.22. The molecule has 0 amide bonds. The molecule has 2 aromatic carbocycles. The maximum absolute atomic E-state index is 5.77. The van der Waals surface area contributed by atoms with E-state index in [1.54, 1.807) is 7.11 Å². The Morgan fingerprint density at radius 2 is 1.85 bits per heavy atom. The second-order valence-electron chi connectivity index (χ2n) is 2.91. The number of ether oxygens (including phenoxy) is 1. The van der Waals surface area contributed by atoms with Crippen LogP contribution in [0.1, 0.15) is 0 Å². The van der Waals surface area contributed by atoms with Gasteiger partial charge in [0.1, 0.15) is 13.6 Å². The SMILES string of the molecule is [B]c1ccc2ccccc2c1OC. The van der Waals surface area contributed by atoms with Crippen LogP contribution in [0.4, 0.5) is 0 Å². The van der Waals surface area contributed by atoms with Crippen molar-refractivity contribution >= 4 is 24.1 Å². The van der Waals surface area contributed by atoms with E-state index in [4.69, 9.17) is 12.6 Å². The first-order chi connectivity index (χ1) is 6.33. The largest absolute Gasteiger partial charge is 0.497 e. The molecule has 62 valence electrons. The molecule has 0 fully saturated rings. The zero-order valence-corrected chi connectivity index (χ0v) is 7.45. The van der Waals surface area contributed by atoms with Gasteiger partial charge in [-0.2, -0.15) is 0 Å². The zero-order chi connectivity index (χ0) is 9.26. The van der Waals surface area contributed by atoms with Crippen LogP contribution in [0, 0.1) is 0 Å². The summed E-state index contributed by atoms with van der Waals surface area (Å²) in [7, 11) is 7.41. The van der Waals surface area contributed by atoms with Crippen LogP contribution >= 0.6 is 0 Å². The summed E-state index contributed by atoms with van der Waals surface area (Å²) < 4.78 is 5.23. The van der Waals surface area contributed by atoms with Gasteiger partial charge in [0, 0.05) is 5.39 Å². The molecule has 0 aliphatic heterocycles. The Kier molecular flexibility index (Phi) is 1.97. The van der Waals surface area contributed by atoms with Crippen LogP contribution in [-0.2, 0) is 0 Å². The van der Waals surface area contributed by atoms with Gasteiger partial charge >= 0.3 is 0 Å². The van der Waals surface area contributed by atoms with Crippen LogP contribution in [0.2, 0.25) is 0 Å². The van der Waals surface area contributed by atoms with E-state index < -0.39 is 0 Å². The van der Waals surface area contributed by atoms with Crippen molar-refractivity contribution in [3.05, 3.63) is 36.4 Å². The van der Waals surface area contributed by atoms with E-state index in [-0.39, 0.29) is 0 Å². The van der Waals surface area contributed by atoms with Gasteiger partial charge < -0.3 is 4.74 Å². The lowest BCUT2D eigenvalue weighted by atomic mass is 9.92. The summed E-state index contributed by atoms with van der Waals surface area (Å²) in [6, 6.07) is 11.9. The summed E-state index contributed by atoms with van der Waals surface area (Å²) in [5, 5.41) is 2.21. The number of fused-ring (bicyclic) bond motifs is 1. The second kappa shape index (κ2) is 3.13. The molecule has 2 aromatic rings. The van der Waals surface area contributed by atoms with E-state index in [9.17, 15) is 0 Å². The van der Waals surface area contributed by atoms with E-state index in [2.05, 4.69) is 0 Å². The number of hydrogen-bond acceptors (Lipinski definition) is 1. The number of rotatable bonds is 1. The third kappa shape index (κ3) is 1.28. The van der Waals surface area contributed by atoms with Crippen molar-refractivity contribution < 1.29 is 4.74 Å². The van der Waals surface area contributed by atoms with Crippen molar-refractivity contribution in [2.45, 2.75) is 0 Å². The van der Waals surface area contributed by atoms with Gasteiger partial charge in [0.15, 0.2) is 0 Å². The van der Waals surface area contributed by atoms with Crippen LogP contribution in [0.15, 0.2) is 36.4 Å². The first-order valence-corrected chi connectivity index (χ1v) is 4.14. The van der Waals surface area contributed by atoms with E-state index in [1.165, 1.54) is 0 Å². The lowest BCUT2D eigenvalue weighted by molar-refractivity contribution is 0.423. The molecule has 0 saturated carbocycles. The van der Waals surface area contributed by atoms with E-state index in [0.717, 1.165) is 16.5 Å². The van der Waals surface area contributed by atoms with Gasteiger partial charge in [-0.3, -0.25) is 0 Å². The lowest BCUT2D eigenvalue weighted by Gasteiger charge is -2.08. The van der Waals surface area contributed by atoms with Gasteiger partial charge in [-0.1, -0.05) is 41.9 Å². The molecular formula is C11H9BO. The van der Waals surface area contributed by atoms with Crippen molar-refractivity contribution in [1.29, 1.82) is 0 Å². The molecule has 0 aromatic heterocycles. The molecule has 2 rings (SSSR count). The molecule has 0 atom stereocenters. The maximum Gasteiger partial charge on any atom is 0.119 e. The molecule has 1 nitrogen and oxygen atoms in total. The van der Waals surface area contributed by atoms with Crippen molar-refractivity contribution in [2.24, 2.45) is 0 Å². The minimum Gasteiger partial charge on any atom is -0.497 e. The predicted octanol–water partition coefficient (Wildman–Crippen LogP) is 1.64. The standard InChI is InChI=1S/C11H9BO/c1-13-11-9-5-3-2-4-8(9)6-7-10(11)12/h2-7H,1H3. The smallest absolute Gasteiger partial charge is 0.119 e. The zero-order valence-electron chi connectivity index (χ0n) is 7.45. The third-order valence-electron chi connectivity index (χ3n) is 2.11. The van der Waals surface area contributed by atoms with E-state index in [0.29, 0.717) is 5.46 Å². The second-order valence-corrected chi connectivity index (χ2v) is 2.91. The molecule has 0 aliphatic rings. The third-order valence-corrected chi connectivity index (χ3v) is 2.11. The van der Waals surface area contributed by atoms with Crippen LogP contribution in [0.25, 0.3) is 10.8 Å². The van der Waals surface area contributed by atoms with Gasteiger partial charge in [-0.05, 0) is 5.39 Å². The molecule has 2 heteroatoms. The van der Waals surface area contributed by atoms with Crippen LogP contribution in [0.3, 0.4) is 0 Å². The van der Waals surface area contributed by atoms with Crippen molar-refractivity contribution in [3.63, 3.8) is 0 Å². The fraction of sp³-hybridized carbons (Fsp3) is 0.0909. The van der Waals surface area contributed by atoms with Crippen LogP contribution < -0.4 is 10.2 Å². The summed E-state index contributed by atoms with van der Waals surface area (Å²) in [4.78, 5) is 0. The predicted molar refractivity (Wildman–Crippen MR) is 55.9 cm³/mol. The van der Waals surface area contributed by atoms with Crippen molar-refractivity contribution in [1.82, 2.24) is 0 Å². The highest BCUT2D eigenvalue weighted by Gasteiger charge is 2.02. The Labute approximate surface area is 78.7 Å². The maximum atomic E-state index is 5.77. The summed E-state index contributed by atoms with van der Waals surface area (Å²) in [5.41, 5.74) is 0.682. The topological polar surface area (TPSA) is 9.23 Å². The summed E-state index contributed by atoms with van der Waals surface area (Å²) in [6.07, 6.45) is 0. The molecule has 0 unspecified atom stereocenters. The fourth-order valence-electron chi connectivity index (χ4n) is 1.49. The molecular weight excluding hydrogens is 159 g/mol. The Morgan fingerprint density at radius 1 is 1.08 bits per heavy atom. The number of benzene rings is 2. The molecule has 0 aliphatic carbocycles. The monoisotopic (exact) mass is 168 g/mol. The molecule has 0 spiro atoms. The molecule has 0 saturated heterocycles. The highest BCUT2D eigenvalue weighted by molar-refractivity contribution is 6.35. The van der Waals surface area contributed by atoms with Gasteiger partial charge in [-0.15, -0.1) is 0 Å². The minimum atomic E-state index is 0.682. The number of hydrogen-bond donors (Lipinski definition) is 0. The van der Waals surface area contributed by atoms with Gasteiger partial charge in [0.05, 0.1) is 7.11 Å². The first-order valence-electron chi connectivity index (χ1n) is 4.14. The molecule has 0 heterocycles. The lowest BCUT2D eigenvalue weighted by Crippen LogP contribution is -2.06. The minimum absolute atomic E-state index is 0.682. The quantitative estimate of drug-likeness (QED) is 0.588. The highest BCUT2D eigenvalue weighted by atomic mass is 16.5. The Hall–Kier alpha value is -1.44. The molecule has 0 bridgehead atoms. The first kappa shape index (κ1) is 8.18. The fourth-order valence-corrected chi connectivity index (χ4v) is 1.49. The number of methoxy groups -OCH3 is 1. The summed E-state index contributed by atoms with van der Waals surface area (Å²) in [6.45, 7) is 0. The summed E-state index contributed by atoms with van der Waals surface area (Å²) in [5.74, 6) is 0.762. The molecule has 2 radical (unpaired) electrons. The molecule has 0 N–H and O–H groups in total. The average Bonchev–Trinajstić information content (AvgIpc) is 2.18. The van der Waals surface area contributed by atoms with E-state index in [1.807, 2.05) is 36.4 Å². The van der Waals surface area contributed by atoms with E-state index >= 15 is 0 Å². The van der Waals surface area contributed by atoms with Crippen LogP contribution in [-0.4, -0.2) is 15.0 Å². The van der Waals surface area contributed by atoms with Gasteiger partial charge in [-0.25, -0.2) is 0 Å².